The average Bonchev–Trinajstić information content (AvgIpc) is 2.86. The van der Waals surface area contributed by atoms with E-state index in [-0.39, 0.29) is 0 Å². The summed E-state index contributed by atoms with van der Waals surface area (Å²) in [6.07, 6.45) is 3.33. The third-order valence-electron chi connectivity index (χ3n) is 3.09. The normalized spacial score (nSPS) is 20.5. The lowest BCUT2D eigenvalue weighted by atomic mass is 10.2. The van der Waals surface area contributed by atoms with E-state index in [2.05, 4.69) is 36.0 Å². The molecule has 0 aliphatic carbocycles. The standard InChI is InChI=1S/C13H23N3S/c1-10(2)6-14-7-12-8-15-13(17-12)16-5-4-11(3)9-16/h8,10-11,14H,4-7,9H2,1-3H3. The zero-order valence-corrected chi connectivity index (χ0v) is 11.9. The number of aromatic nitrogens is 1. The minimum atomic E-state index is 0.710. The maximum atomic E-state index is 4.53. The van der Waals surface area contributed by atoms with Gasteiger partial charge in [-0.15, -0.1) is 11.3 Å². The van der Waals surface area contributed by atoms with Gasteiger partial charge in [-0.3, -0.25) is 0 Å². The molecular formula is C13H23N3S. The number of anilines is 1. The highest BCUT2D eigenvalue weighted by Crippen LogP contribution is 2.27. The van der Waals surface area contributed by atoms with Gasteiger partial charge in [0, 0.05) is 30.7 Å². The number of hydrogen-bond acceptors (Lipinski definition) is 4. The fourth-order valence-corrected chi connectivity index (χ4v) is 3.03. The maximum Gasteiger partial charge on any atom is 0.185 e. The Labute approximate surface area is 108 Å². The number of hydrogen-bond donors (Lipinski definition) is 1. The molecule has 1 fully saturated rings. The second kappa shape index (κ2) is 5.83. The van der Waals surface area contributed by atoms with E-state index < -0.39 is 0 Å². The number of thiazole rings is 1. The molecule has 1 N–H and O–H groups in total. The zero-order valence-electron chi connectivity index (χ0n) is 11.1. The van der Waals surface area contributed by atoms with Crippen molar-refractivity contribution in [3.63, 3.8) is 0 Å². The molecule has 4 heteroatoms. The summed E-state index contributed by atoms with van der Waals surface area (Å²) in [7, 11) is 0. The van der Waals surface area contributed by atoms with E-state index in [1.165, 1.54) is 29.5 Å². The highest BCUT2D eigenvalue weighted by atomic mass is 32.1. The van der Waals surface area contributed by atoms with Crippen LogP contribution in [-0.4, -0.2) is 24.6 Å². The zero-order chi connectivity index (χ0) is 12.3. The molecule has 0 bridgehead atoms. The Kier molecular flexibility index (Phi) is 4.40. The van der Waals surface area contributed by atoms with Crippen molar-refractivity contribution < 1.29 is 0 Å². The minimum absolute atomic E-state index is 0.710. The Hall–Kier alpha value is -0.610. The molecule has 1 unspecified atom stereocenters. The van der Waals surface area contributed by atoms with Gasteiger partial charge in [0.2, 0.25) is 0 Å². The van der Waals surface area contributed by atoms with Crippen molar-refractivity contribution in [3.8, 4) is 0 Å². The Morgan fingerprint density at radius 3 is 3.06 bits per heavy atom. The van der Waals surface area contributed by atoms with Crippen LogP contribution in [0.3, 0.4) is 0 Å². The van der Waals surface area contributed by atoms with E-state index >= 15 is 0 Å². The van der Waals surface area contributed by atoms with E-state index in [0.717, 1.165) is 19.0 Å². The maximum absolute atomic E-state index is 4.53. The highest BCUT2D eigenvalue weighted by molar-refractivity contribution is 7.15. The lowest BCUT2D eigenvalue weighted by molar-refractivity contribution is 0.554. The van der Waals surface area contributed by atoms with Crippen LogP contribution in [0.5, 0.6) is 0 Å². The van der Waals surface area contributed by atoms with Crippen molar-refractivity contribution in [1.29, 1.82) is 0 Å². The van der Waals surface area contributed by atoms with Gasteiger partial charge in [-0.2, -0.15) is 0 Å². The van der Waals surface area contributed by atoms with Gasteiger partial charge < -0.3 is 10.2 Å². The Morgan fingerprint density at radius 2 is 2.41 bits per heavy atom. The Morgan fingerprint density at radius 1 is 1.59 bits per heavy atom. The van der Waals surface area contributed by atoms with Gasteiger partial charge in [0.1, 0.15) is 0 Å². The van der Waals surface area contributed by atoms with Crippen LogP contribution in [0.25, 0.3) is 0 Å². The van der Waals surface area contributed by atoms with Crippen molar-refractivity contribution >= 4 is 16.5 Å². The second-order valence-electron chi connectivity index (χ2n) is 5.47. The lowest BCUT2D eigenvalue weighted by Gasteiger charge is -2.13. The van der Waals surface area contributed by atoms with Crippen LogP contribution in [0.15, 0.2) is 6.20 Å². The molecule has 1 aliphatic heterocycles. The molecule has 0 saturated carbocycles. The van der Waals surface area contributed by atoms with Gasteiger partial charge in [-0.05, 0) is 24.8 Å². The summed E-state index contributed by atoms with van der Waals surface area (Å²) in [4.78, 5) is 8.30. The number of nitrogens with one attached hydrogen (secondary N) is 1. The van der Waals surface area contributed by atoms with Crippen LogP contribution < -0.4 is 10.2 Å². The first kappa shape index (κ1) is 12.8. The van der Waals surface area contributed by atoms with Gasteiger partial charge in [0.05, 0.1) is 0 Å². The first-order chi connectivity index (χ1) is 8.15. The van der Waals surface area contributed by atoms with E-state index in [1.807, 2.05) is 17.5 Å². The molecule has 1 aliphatic rings. The van der Waals surface area contributed by atoms with Gasteiger partial charge in [-0.1, -0.05) is 20.8 Å². The first-order valence-corrected chi connectivity index (χ1v) is 7.37. The van der Waals surface area contributed by atoms with Gasteiger partial charge in [0.25, 0.3) is 0 Å². The highest BCUT2D eigenvalue weighted by Gasteiger charge is 2.21. The predicted molar refractivity (Wildman–Crippen MR) is 74.7 cm³/mol. The Balaban J connectivity index is 1.83. The van der Waals surface area contributed by atoms with Crippen LogP contribution in [0, 0.1) is 11.8 Å². The molecular weight excluding hydrogens is 230 g/mol. The SMILES string of the molecule is CC(C)CNCc1cnc(N2CCC(C)C2)s1. The minimum Gasteiger partial charge on any atom is -0.348 e. The molecule has 1 aromatic rings. The largest absolute Gasteiger partial charge is 0.348 e. The van der Waals surface area contributed by atoms with Crippen molar-refractivity contribution in [3.05, 3.63) is 11.1 Å². The third kappa shape index (κ3) is 3.68. The third-order valence-corrected chi connectivity index (χ3v) is 4.15. The quantitative estimate of drug-likeness (QED) is 0.874. The van der Waals surface area contributed by atoms with E-state index in [9.17, 15) is 0 Å². The molecule has 0 aromatic carbocycles. The molecule has 2 rings (SSSR count). The van der Waals surface area contributed by atoms with Crippen LogP contribution in [-0.2, 0) is 6.54 Å². The molecule has 1 aromatic heterocycles. The number of rotatable bonds is 5. The van der Waals surface area contributed by atoms with Gasteiger partial charge >= 0.3 is 0 Å². The monoisotopic (exact) mass is 253 g/mol. The van der Waals surface area contributed by atoms with Crippen LogP contribution >= 0.6 is 11.3 Å². The topological polar surface area (TPSA) is 28.2 Å². The summed E-state index contributed by atoms with van der Waals surface area (Å²) >= 11 is 1.84. The number of nitrogens with zero attached hydrogens (tertiary/aromatic N) is 2. The smallest absolute Gasteiger partial charge is 0.185 e. The molecule has 2 heterocycles. The molecule has 96 valence electrons. The molecule has 1 atom stereocenters. The summed E-state index contributed by atoms with van der Waals surface area (Å²) in [6, 6.07) is 0. The van der Waals surface area contributed by atoms with Crippen LogP contribution in [0.4, 0.5) is 5.13 Å². The second-order valence-corrected chi connectivity index (χ2v) is 6.57. The Bertz CT molecular complexity index is 348. The molecule has 1 saturated heterocycles. The van der Waals surface area contributed by atoms with Crippen molar-refractivity contribution in [1.82, 2.24) is 10.3 Å². The summed E-state index contributed by atoms with van der Waals surface area (Å²) in [6.45, 7) is 11.2. The summed E-state index contributed by atoms with van der Waals surface area (Å²) < 4.78 is 0. The summed E-state index contributed by atoms with van der Waals surface area (Å²) in [5.74, 6) is 1.53. The van der Waals surface area contributed by atoms with Crippen LogP contribution in [0.2, 0.25) is 0 Å². The fourth-order valence-electron chi connectivity index (χ4n) is 2.12. The first-order valence-electron chi connectivity index (χ1n) is 6.55. The van der Waals surface area contributed by atoms with Crippen molar-refractivity contribution in [2.45, 2.75) is 33.7 Å². The van der Waals surface area contributed by atoms with E-state index in [0.29, 0.717) is 5.92 Å². The van der Waals surface area contributed by atoms with E-state index in [4.69, 9.17) is 0 Å². The van der Waals surface area contributed by atoms with Crippen molar-refractivity contribution in [2.75, 3.05) is 24.5 Å². The average molecular weight is 253 g/mol. The lowest BCUT2D eigenvalue weighted by Crippen LogP contribution is -2.18. The molecule has 17 heavy (non-hydrogen) atoms. The molecule has 0 spiro atoms. The fraction of sp³-hybridized carbons (Fsp3) is 0.769. The van der Waals surface area contributed by atoms with Gasteiger partial charge in [-0.25, -0.2) is 4.98 Å². The predicted octanol–water partition coefficient (Wildman–Crippen LogP) is 2.73. The van der Waals surface area contributed by atoms with Gasteiger partial charge in [0.15, 0.2) is 5.13 Å². The molecule has 0 amide bonds. The molecule has 3 nitrogen and oxygen atoms in total. The molecule has 0 radical (unpaired) electrons. The van der Waals surface area contributed by atoms with E-state index in [1.54, 1.807) is 0 Å². The summed E-state index contributed by atoms with van der Waals surface area (Å²) in [5, 5.41) is 4.67. The summed E-state index contributed by atoms with van der Waals surface area (Å²) in [5.41, 5.74) is 0. The van der Waals surface area contributed by atoms with Crippen molar-refractivity contribution in [2.24, 2.45) is 11.8 Å². The van der Waals surface area contributed by atoms with Crippen LogP contribution in [0.1, 0.15) is 32.1 Å².